The molecule has 0 bridgehead atoms. The first kappa shape index (κ1) is 11.9. The third-order valence-electron chi connectivity index (χ3n) is 3.01. The van der Waals surface area contributed by atoms with Gasteiger partial charge in [0, 0.05) is 17.0 Å². The van der Waals surface area contributed by atoms with Gasteiger partial charge in [-0.25, -0.2) is 0 Å². The maximum Gasteiger partial charge on any atom is 0.0672 e. The fourth-order valence-corrected chi connectivity index (χ4v) is 2.09. The minimum absolute atomic E-state index is 0.695. The molecule has 3 aromatic rings. The lowest BCUT2D eigenvalue weighted by Gasteiger charge is -2.09. The molecule has 3 rings (SSSR count). The number of fused-ring (bicyclic) bond motifs is 1. The van der Waals surface area contributed by atoms with Crippen molar-refractivity contribution in [2.45, 2.75) is 6.54 Å². The van der Waals surface area contributed by atoms with Crippen molar-refractivity contribution in [1.29, 1.82) is 0 Å². The number of H-pyrrole nitrogens is 1. The summed E-state index contributed by atoms with van der Waals surface area (Å²) in [5.41, 5.74) is 9.73. The van der Waals surface area contributed by atoms with E-state index in [-0.39, 0.29) is 0 Å². The zero-order valence-corrected chi connectivity index (χ0v) is 10.9. The Labute approximate surface area is 115 Å². The summed E-state index contributed by atoms with van der Waals surface area (Å²) in [5, 5.41) is 12.0. The number of hydrogen-bond acceptors (Lipinski definition) is 3. The summed E-state index contributed by atoms with van der Waals surface area (Å²) in [6.07, 6.45) is 1.76. The van der Waals surface area contributed by atoms with Crippen LogP contribution in [0.3, 0.4) is 0 Å². The van der Waals surface area contributed by atoms with Crippen molar-refractivity contribution >= 4 is 33.9 Å². The van der Waals surface area contributed by atoms with E-state index in [0.29, 0.717) is 12.2 Å². The summed E-state index contributed by atoms with van der Waals surface area (Å²) in [7, 11) is 0. The van der Waals surface area contributed by atoms with Crippen molar-refractivity contribution in [2.24, 2.45) is 0 Å². The van der Waals surface area contributed by atoms with E-state index in [2.05, 4.69) is 15.5 Å². The number of aromatic nitrogens is 2. The van der Waals surface area contributed by atoms with Crippen LogP contribution in [0.25, 0.3) is 10.9 Å². The van der Waals surface area contributed by atoms with Gasteiger partial charge in [0.25, 0.3) is 0 Å². The maximum atomic E-state index is 6.01. The Balaban J connectivity index is 1.80. The number of nitrogens with one attached hydrogen (secondary N) is 2. The SMILES string of the molecule is Nc1cc2cn[nH]c2cc1NCc1ccc(Cl)cc1. The number of benzene rings is 2. The predicted octanol–water partition coefficient (Wildman–Crippen LogP) is 3.41. The number of nitrogens with zero attached hydrogens (tertiary/aromatic N) is 1. The monoisotopic (exact) mass is 272 g/mol. The molecule has 0 amide bonds. The molecular formula is C14H13ClN4. The summed E-state index contributed by atoms with van der Waals surface area (Å²) >= 11 is 5.86. The Kier molecular flexibility index (Phi) is 3.01. The van der Waals surface area contributed by atoms with Crippen LogP contribution in [0.5, 0.6) is 0 Å². The highest BCUT2D eigenvalue weighted by Crippen LogP contribution is 2.25. The fourth-order valence-electron chi connectivity index (χ4n) is 1.96. The van der Waals surface area contributed by atoms with Gasteiger partial charge in [0.15, 0.2) is 0 Å². The molecular weight excluding hydrogens is 260 g/mol. The summed E-state index contributed by atoms with van der Waals surface area (Å²) in [6.45, 7) is 0.695. The lowest BCUT2D eigenvalue weighted by molar-refractivity contribution is 1.12. The average molecular weight is 273 g/mol. The normalized spacial score (nSPS) is 10.8. The van der Waals surface area contributed by atoms with Gasteiger partial charge in [-0.3, -0.25) is 5.10 Å². The Morgan fingerprint density at radius 3 is 2.79 bits per heavy atom. The molecule has 0 aliphatic heterocycles. The van der Waals surface area contributed by atoms with Crippen LogP contribution in [0.4, 0.5) is 11.4 Å². The van der Waals surface area contributed by atoms with Gasteiger partial charge < -0.3 is 11.1 Å². The van der Waals surface area contributed by atoms with E-state index < -0.39 is 0 Å². The Bertz CT molecular complexity index is 703. The van der Waals surface area contributed by atoms with Crippen molar-refractivity contribution in [3.8, 4) is 0 Å². The zero-order chi connectivity index (χ0) is 13.2. The molecule has 0 aliphatic rings. The Morgan fingerprint density at radius 1 is 1.21 bits per heavy atom. The van der Waals surface area contributed by atoms with Crippen LogP contribution >= 0.6 is 11.6 Å². The summed E-state index contributed by atoms with van der Waals surface area (Å²) in [4.78, 5) is 0. The molecule has 1 aromatic heterocycles. The van der Waals surface area contributed by atoms with E-state index in [0.717, 1.165) is 27.2 Å². The van der Waals surface area contributed by atoms with E-state index in [1.165, 1.54) is 0 Å². The minimum atomic E-state index is 0.695. The molecule has 0 atom stereocenters. The second-order valence-corrected chi connectivity index (χ2v) is 4.81. The highest BCUT2D eigenvalue weighted by molar-refractivity contribution is 6.30. The molecule has 0 aliphatic carbocycles. The third-order valence-corrected chi connectivity index (χ3v) is 3.26. The second-order valence-electron chi connectivity index (χ2n) is 4.38. The van der Waals surface area contributed by atoms with Crippen LogP contribution in [0.15, 0.2) is 42.6 Å². The first-order valence-corrected chi connectivity index (χ1v) is 6.31. The van der Waals surface area contributed by atoms with Gasteiger partial charge in [-0.05, 0) is 29.8 Å². The van der Waals surface area contributed by atoms with E-state index in [9.17, 15) is 0 Å². The van der Waals surface area contributed by atoms with E-state index in [1.54, 1.807) is 6.20 Å². The number of nitrogen functional groups attached to an aromatic ring is 1. The summed E-state index contributed by atoms with van der Waals surface area (Å²) in [5.74, 6) is 0. The predicted molar refractivity (Wildman–Crippen MR) is 79.3 cm³/mol. The molecule has 2 aromatic carbocycles. The van der Waals surface area contributed by atoms with Gasteiger partial charge in [0.05, 0.1) is 23.1 Å². The first-order valence-electron chi connectivity index (χ1n) is 5.93. The van der Waals surface area contributed by atoms with Gasteiger partial charge in [-0.2, -0.15) is 5.10 Å². The third kappa shape index (κ3) is 2.48. The molecule has 19 heavy (non-hydrogen) atoms. The summed E-state index contributed by atoms with van der Waals surface area (Å²) in [6, 6.07) is 11.6. The van der Waals surface area contributed by atoms with E-state index in [4.69, 9.17) is 17.3 Å². The molecule has 0 radical (unpaired) electrons. The molecule has 0 saturated carbocycles. The van der Waals surface area contributed by atoms with Crippen LogP contribution in [0.1, 0.15) is 5.56 Å². The summed E-state index contributed by atoms with van der Waals surface area (Å²) < 4.78 is 0. The molecule has 96 valence electrons. The van der Waals surface area contributed by atoms with Crippen molar-refractivity contribution < 1.29 is 0 Å². The zero-order valence-electron chi connectivity index (χ0n) is 10.2. The number of rotatable bonds is 3. The van der Waals surface area contributed by atoms with Gasteiger partial charge in [-0.15, -0.1) is 0 Å². The molecule has 5 heteroatoms. The smallest absolute Gasteiger partial charge is 0.0672 e. The highest BCUT2D eigenvalue weighted by Gasteiger charge is 2.03. The lowest BCUT2D eigenvalue weighted by atomic mass is 10.2. The molecule has 1 heterocycles. The van der Waals surface area contributed by atoms with Crippen LogP contribution in [0.2, 0.25) is 5.02 Å². The highest BCUT2D eigenvalue weighted by atomic mass is 35.5. The Hall–Kier alpha value is -2.20. The van der Waals surface area contributed by atoms with Gasteiger partial charge in [0.2, 0.25) is 0 Å². The number of halogens is 1. The number of anilines is 2. The molecule has 0 fully saturated rings. The van der Waals surface area contributed by atoms with Crippen molar-refractivity contribution in [2.75, 3.05) is 11.1 Å². The largest absolute Gasteiger partial charge is 0.397 e. The van der Waals surface area contributed by atoms with Crippen LogP contribution in [-0.4, -0.2) is 10.2 Å². The molecule has 0 saturated heterocycles. The van der Waals surface area contributed by atoms with Crippen molar-refractivity contribution in [3.05, 3.63) is 53.2 Å². The quantitative estimate of drug-likeness (QED) is 0.640. The fraction of sp³-hybridized carbons (Fsp3) is 0.0714. The van der Waals surface area contributed by atoms with Crippen molar-refractivity contribution in [1.82, 2.24) is 10.2 Å². The molecule has 0 unspecified atom stereocenters. The second kappa shape index (κ2) is 4.82. The molecule has 0 spiro atoms. The average Bonchev–Trinajstić information content (AvgIpc) is 2.85. The van der Waals surface area contributed by atoms with Crippen molar-refractivity contribution in [3.63, 3.8) is 0 Å². The number of aromatic amines is 1. The molecule has 4 N–H and O–H groups in total. The number of hydrogen-bond donors (Lipinski definition) is 3. The number of nitrogens with two attached hydrogens (primary N) is 1. The standard InChI is InChI=1S/C14H13ClN4/c15-11-3-1-9(2-4-11)7-17-14-6-13-10(5-12(14)16)8-18-19-13/h1-6,8,17H,7,16H2,(H,18,19). The van der Waals surface area contributed by atoms with Gasteiger partial charge in [-0.1, -0.05) is 23.7 Å². The van der Waals surface area contributed by atoms with E-state index >= 15 is 0 Å². The van der Waals surface area contributed by atoms with E-state index in [1.807, 2.05) is 36.4 Å². The maximum absolute atomic E-state index is 6.01. The van der Waals surface area contributed by atoms with Gasteiger partial charge in [0.1, 0.15) is 0 Å². The van der Waals surface area contributed by atoms with Crippen LogP contribution in [-0.2, 0) is 6.54 Å². The lowest BCUT2D eigenvalue weighted by Crippen LogP contribution is -2.02. The Morgan fingerprint density at radius 2 is 2.00 bits per heavy atom. The van der Waals surface area contributed by atoms with Gasteiger partial charge >= 0.3 is 0 Å². The minimum Gasteiger partial charge on any atom is -0.397 e. The topological polar surface area (TPSA) is 66.7 Å². The molecule has 4 nitrogen and oxygen atoms in total. The van der Waals surface area contributed by atoms with Crippen LogP contribution < -0.4 is 11.1 Å². The first-order chi connectivity index (χ1) is 9.22. The van der Waals surface area contributed by atoms with Crippen LogP contribution in [0, 0.1) is 0 Å².